The lowest BCUT2D eigenvalue weighted by Crippen LogP contribution is -2.41. The van der Waals surface area contributed by atoms with Gasteiger partial charge in [-0.25, -0.2) is 14.8 Å². The van der Waals surface area contributed by atoms with Crippen LogP contribution in [-0.4, -0.2) is 23.7 Å². The van der Waals surface area contributed by atoms with E-state index in [0.29, 0.717) is 35.8 Å². The summed E-state index contributed by atoms with van der Waals surface area (Å²) in [5.74, 6) is 0.462. The molecule has 0 fully saturated rings. The predicted octanol–water partition coefficient (Wildman–Crippen LogP) is 3.66. The maximum absolute atomic E-state index is 13.3. The first kappa shape index (κ1) is 20.8. The van der Waals surface area contributed by atoms with E-state index in [9.17, 15) is 9.59 Å². The zero-order chi connectivity index (χ0) is 21.8. The van der Waals surface area contributed by atoms with E-state index in [1.807, 2.05) is 34.9 Å². The van der Waals surface area contributed by atoms with Crippen molar-refractivity contribution in [3.05, 3.63) is 69.5 Å². The highest BCUT2D eigenvalue weighted by Crippen LogP contribution is 2.18. The Hall–Kier alpha value is -3.42. The van der Waals surface area contributed by atoms with Gasteiger partial charge in [-0.3, -0.25) is 13.9 Å². The highest BCUT2D eigenvalue weighted by atomic mass is 16.3. The lowest BCUT2D eigenvalue weighted by molar-refractivity contribution is 0.556. The molecule has 0 saturated heterocycles. The van der Waals surface area contributed by atoms with E-state index in [-0.39, 0.29) is 17.8 Å². The Morgan fingerprint density at radius 3 is 2.45 bits per heavy atom. The molecule has 0 bridgehead atoms. The SMILES string of the molecule is CCCCn1cnc2c1c(=O)n(Cc1coc(-c3ccccc3)n1)c(=O)n2CCCC. The number of rotatable bonds is 9. The Kier molecular flexibility index (Phi) is 6.16. The Morgan fingerprint density at radius 2 is 1.71 bits per heavy atom. The van der Waals surface area contributed by atoms with Crippen LogP contribution in [0.25, 0.3) is 22.6 Å². The first-order chi connectivity index (χ1) is 15.1. The highest BCUT2D eigenvalue weighted by molar-refractivity contribution is 5.70. The third kappa shape index (κ3) is 4.10. The number of nitrogens with zero attached hydrogens (tertiary/aromatic N) is 5. The Bertz CT molecular complexity index is 1280. The Balaban J connectivity index is 1.79. The molecule has 0 aliphatic heterocycles. The van der Waals surface area contributed by atoms with Crippen molar-refractivity contribution >= 4 is 11.2 Å². The van der Waals surface area contributed by atoms with Crippen LogP contribution in [0.5, 0.6) is 0 Å². The van der Waals surface area contributed by atoms with Crippen molar-refractivity contribution in [1.29, 1.82) is 0 Å². The molecule has 4 rings (SSSR count). The number of imidazole rings is 1. The zero-order valence-corrected chi connectivity index (χ0v) is 18.0. The summed E-state index contributed by atoms with van der Waals surface area (Å²) in [6.07, 6.45) is 6.87. The maximum atomic E-state index is 13.3. The van der Waals surface area contributed by atoms with E-state index >= 15 is 0 Å². The summed E-state index contributed by atoms with van der Waals surface area (Å²) in [5, 5.41) is 0. The molecule has 8 heteroatoms. The summed E-state index contributed by atoms with van der Waals surface area (Å²) in [6, 6.07) is 9.53. The van der Waals surface area contributed by atoms with Crippen LogP contribution in [0.4, 0.5) is 0 Å². The third-order valence-corrected chi connectivity index (χ3v) is 5.36. The summed E-state index contributed by atoms with van der Waals surface area (Å²) < 4.78 is 10.3. The molecule has 3 heterocycles. The van der Waals surface area contributed by atoms with Gasteiger partial charge in [0, 0.05) is 18.7 Å². The van der Waals surface area contributed by atoms with Gasteiger partial charge in [-0.2, -0.15) is 0 Å². The normalized spacial score (nSPS) is 11.4. The standard InChI is InChI=1S/C23H27N5O3/c1-3-5-12-26-16-24-20-19(26)22(29)28(23(30)27(20)13-6-4-2)14-18-15-31-21(25-18)17-10-8-7-9-11-17/h7-11,15-16H,3-6,12-14H2,1-2H3. The molecule has 31 heavy (non-hydrogen) atoms. The van der Waals surface area contributed by atoms with Gasteiger partial charge < -0.3 is 8.98 Å². The number of unbranched alkanes of at least 4 members (excludes halogenated alkanes) is 2. The van der Waals surface area contributed by atoms with E-state index in [0.717, 1.165) is 31.2 Å². The van der Waals surface area contributed by atoms with Crippen molar-refractivity contribution in [2.45, 2.75) is 59.2 Å². The van der Waals surface area contributed by atoms with Gasteiger partial charge in [0.25, 0.3) is 5.56 Å². The average molecular weight is 422 g/mol. The molecule has 1 aromatic carbocycles. The van der Waals surface area contributed by atoms with Gasteiger partial charge in [-0.1, -0.05) is 44.9 Å². The van der Waals surface area contributed by atoms with Gasteiger partial charge in [0.2, 0.25) is 5.89 Å². The fourth-order valence-corrected chi connectivity index (χ4v) is 3.65. The van der Waals surface area contributed by atoms with Crippen LogP contribution in [-0.2, 0) is 19.6 Å². The van der Waals surface area contributed by atoms with Crippen LogP contribution >= 0.6 is 0 Å². The van der Waals surface area contributed by atoms with Gasteiger partial charge in [-0.15, -0.1) is 0 Å². The van der Waals surface area contributed by atoms with Crippen molar-refractivity contribution in [2.24, 2.45) is 0 Å². The second-order valence-electron chi connectivity index (χ2n) is 7.65. The molecule has 0 radical (unpaired) electrons. The molecule has 0 aliphatic carbocycles. The number of hydrogen-bond donors (Lipinski definition) is 0. The van der Waals surface area contributed by atoms with Gasteiger partial charge >= 0.3 is 5.69 Å². The largest absolute Gasteiger partial charge is 0.444 e. The molecule has 0 aliphatic rings. The molecule has 0 saturated carbocycles. The molecule has 0 N–H and O–H groups in total. The first-order valence-corrected chi connectivity index (χ1v) is 10.8. The highest BCUT2D eigenvalue weighted by Gasteiger charge is 2.19. The van der Waals surface area contributed by atoms with Crippen LogP contribution in [0.1, 0.15) is 45.2 Å². The monoisotopic (exact) mass is 421 g/mol. The second-order valence-corrected chi connectivity index (χ2v) is 7.65. The van der Waals surface area contributed by atoms with Gasteiger partial charge in [0.05, 0.1) is 18.6 Å². The quantitative estimate of drug-likeness (QED) is 0.412. The van der Waals surface area contributed by atoms with Crippen LogP contribution in [0.3, 0.4) is 0 Å². The number of aryl methyl sites for hydroxylation is 2. The number of benzene rings is 1. The van der Waals surface area contributed by atoms with Crippen molar-refractivity contribution < 1.29 is 4.42 Å². The van der Waals surface area contributed by atoms with Crippen molar-refractivity contribution in [3.8, 4) is 11.5 Å². The van der Waals surface area contributed by atoms with Crippen molar-refractivity contribution in [3.63, 3.8) is 0 Å². The number of hydrogen-bond acceptors (Lipinski definition) is 5. The number of aromatic nitrogens is 5. The van der Waals surface area contributed by atoms with Gasteiger partial charge in [0.15, 0.2) is 11.2 Å². The maximum Gasteiger partial charge on any atom is 0.333 e. The summed E-state index contributed by atoms with van der Waals surface area (Å²) >= 11 is 0. The summed E-state index contributed by atoms with van der Waals surface area (Å²) in [4.78, 5) is 35.5. The molecule has 0 spiro atoms. The minimum absolute atomic E-state index is 0.0506. The van der Waals surface area contributed by atoms with E-state index in [2.05, 4.69) is 23.8 Å². The van der Waals surface area contributed by atoms with E-state index in [4.69, 9.17) is 4.42 Å². The summed E-state index contributed by atoms with van der Waals surface area (Å²) in [7, 11) is 0. The minimum Gasteiger partial charge on any atom is -0.444 e. The molecule has 162 valence electrons. The smallest absolute Gasteiger partial charge is 0.333 e. The molecule has 0 amide bonds. The van der Waals surface area contributed by atoms with Crippen molar-refractivity contribution in [1.82, 2.24) is 23.7 Å². The van der Waals surface area contributed by atoms with Crippen LogP contribution in [0.15, 0.2) is 56.9 Å². The van der Waals surface area contributed by atoms with E-state index < -0.39 is 0 Å². The minimum atomic E-state index is -0.365. The van der Waals surface area contributed by atoms with Crippen LogP contribution in [0.2, 0.25) is 0 Å². The number of fused-ring (bicyclic) bond motifs is 1. The molecule has 0 atom stereocenters. The Labute approximate surface area is 179 Å². The van der Waals surface area contributed by atoms with Crippen molar-refractivity contribution in [2.75, 3.05) is 0 Å². The number of oxazole rings is 1. The first-order valence-electron chi connectivity index (χ1n) is 10.8. The van der Waals surface area contributed by atoms with E-state index in [1.54, 1.807) is 10.9 Å². The summed E-state index contributed by atoms with van der Waals surface area (Å²) in [5.41, 5.74) is 1.59. The zero-order valence-electron chi connectivity index (χ0n) is 18.0. The third-order valence-electron chi connectivity index (χ3n) is 5.36. The van der Waals surface area contributed by atoms with Crippen LogP contribution < -0.4 is 11.2 Å². The fourth-order valence-electron chi connectivity index (χ4n) is 3.65. The lowest BCUT2D eigenvalue weighted by atomic mass is 10.2. The molecule has 3 aromatic heterocycles. The fraction of sp³-hybridized carbons (Fsp3) is 0.391. The molecular weight excluding hydrogens is 394 g/mol. The second kappa shape index (κ2) is 9.16. The van der Waals surface area contributed by atoms with Gasteiger partial charge in [0.1, 0.15) is 6.26 Å². The summed E-state index contributed by atoms with van der Waals surface area (Å²) in [6.45, 7) is 5.43. The van der Waals surface area contributed by atoms with E-state index in [1.165, 1.54) is 10.8 Å². The Morgan fingerprint density at radius 1 is 0.968 bits per heavy atom. The topological polar surface area (TPSA) is 87.8 Å². The average Bonchev–Trinajstić information content (AvgIpc) is 3.43. The van der Waals surface area contributed by atoms with Gasteiger partial charge in [-0.05, 0) is 25.0 Å². The molecular formula is C23H27N5O3. The lowest BCUT2D eigenvalue weighted by Gasteiger charge is -2.11. The molecule has 8 nitrogen and oxygen atoms in total. The predicted molar refractivity (Wildman–Crippen MR) is 119 cm³/mol. The molecule has 0 unspecified atom stereocenters. The van der Waals surface area contributed by atoms with Crippen LogP contribution in [0, 0.1) is 0 Å². The molecule has 4 aromatic rings.